The predicted octanol–water partition coefficient (Wildman–Crippen LogP) is 0.703. The number of methoxy groups -OCH3 is 1. The van der Waals surface area contributed by atoms with Crippen LogP contribution in [0.25, 0.3) is 0 Å². The molecule has 2 aromatic rings. The molecule has 1 aromatic carbocycles. The number of aromatic nitrogens is 4. The highest BCUT2D eigenvalue weighted by atomic mass is 16.6. The molecule has 0 amide bonds. The fourth-order valence-electron chi connectivity index (χ4n) is 3.44. The van der Waals surface area contributed by atoms with Crippen molar-refractivity contribution in [3.05, 3.63) is 45.8 Å². The van der Waals surface area contributed by atoms with Gasteiger partial charge < -0.3 is 15.8 Å². The first-order chi connectivity index (χ1) is 13.5. The van der Waals surface area contributed by atoms with Gasteiger partial charge in [0.1, 0.15) is 12.6 Å². The third-order valence-electron chi connectivity index (χ3n) is 4.94. The van der Waals surface area contributed by atoms with Gasteiger partial charge in [-0.25, -0.2) is 4.68 Å². The van der Waals surface area contributed by atoms with E-state index in [4.69, 9.17) is 5.73 Å². The minimum atomic E-state index is -0.652. The highest BCUT2D eigenvalue weighted by Crippen LogP contribution is 2.31. The summed E-state index contributed by atoms with van der Waals surface area (Å²) in [6, 6.07) is 6.06. The molecule has 1 aliphatic rings. The van der Waals surface area contributed by atoms with Crippen LogP contribution in [0.5, 0.6) is 0 Å². The molecule has 1 fully saturated rings. The number of tetrazole rings is 1. The second-order valence-electron chi connectivity index (χ2n) is 6.80. The molecule has 1 aromatic heterocycles. The minimum Gasteiger partial charge on any atom is -0.468 e. The number of ether oxygens (including phenoxy) is 1. The molecule has 150 valence electrons. The molecule has 0 radical (unpaired) electrons. The summed E-state index contributed by atoms with van der Waals surface area (Å²) in [5.74, 6) is -0.201. The number of rotatable bonds is 7. The second kappa shape index (κ2) is 8.85. The number of carbonyl (C=O) groups excluding carboxylic acids is 1. The summed E-state index contributed by atoms with van der Waals surface area (Å²) < 4.78 is 5.99. The Labute approximate surface area is 161 Å². The van der Waals surface area contributed by atoms with Gasteiger partial charge in [-0.1, -0.05) is 18.2 Å². The molecule has 1 aliphatic carbocycles. The van der Waals surface area contributed by atoms with Crippen molar-refractivity contribution in [1.82, 2.24) is 25.5 Å². The fourth-order valence-corrected chi connectivity index (χ4v) is 3.44. The van der Waals surface area contributed by atoms with E-state index >= 15 is 0 Å². The fraction of sp³-hybridized carbons (Fsp3) is 0.529. The monoisotopic (exact) mass is 389 g/mol. The molecule has 3 rings (SSSR count). The van der Waals surface area contributed by atoms with Crippen LogP contribution in [0.4, 0.5) is 5.69 Å². The van der Waals surface area contributed by atoms with Crippen molar-refractivity contribution < 1.29 is 14.5 Å². The number of carbonyl (C=O) groups is 1. The number of hydrogen-bond donors (Lipinski definition) is 2. The topological polar surface area (TPSA) is 151 Å². The summed E-state index contributed by atoms with van der Waals surface area (Å²) in [4.78, 5) is 22.8. The second-order valence-corrected chi connectivity index (χ2v) is 6.80. The van der Waals surface area contributed by atoms with Crippen LogP contribution in [0.15, 0.2) is 24.3 Å². The number of hydrogen-bond acceptors (Lipinski definition) is 9. The summed E-state index contributed by atoms with van der Waals surface area (Å²) >= 11 is 0. The van der Waals surface area contributed by atoms with Crippen molar-refractivity contribution in [1.29, 1.82) is 0 Å². The molecular formula is C17H23N7O4. The Hall–Kier alpha value is -2.92. The molecule has 0 aliphatic heterocycles. The van der Waals surface area contributed by atoms with Crippen LogP contribution >= 0.6 is 0 Å². The highest BCUT2D eigenvalue weighted by Gasteiger charge is 2.31. The SMILES string of the molecule is COC(=O)Cn1nnnc1C(NC1CCC(N)CC1)c1ccccc1[N+](=O)[O-]. The number of nitro benzene ring substituents is 1. The van der Waals surface area contributed by atoms with E-state index in [9.17, 15) is 14.9 Å². The molecule has 1 atom stereocenters. The molecule has 0 saturated heterocycles. The average molecular weight is 389 g/mol. The van der Waals surface area contributed by atoms with Gasteiger partial charge >= 0.3 is 5.97 Å². The van der Waals surface area contributed by atoms with Crippen molar-refractivity contribution in [2.45, 2.75) is 50.4 Å². The van der Waals surface area contributed by atoms with E-state index in [1.54, 1.807) is 18.2 Å². The minimum absolute atomic E-state index is 0.0415. The number of esters is 1. The lowest BCUT2D eigenvalue weighted by molar-refractivity contribution is -0.385. The van der Waals surface area contributed by atoms with Crippen LogP contribution in [0.3, 0.4) is 0 Å². The number of nitrogens with zero attached hydrogens (tertiary/aromatic N) is 5. The number of para-hydroxylation sites is 1. The molecule has 1 saturated carbocycles. The highest BCUT2D eigenvalue weighted by molar-refractivity contribution is 5.68. The molecule has 1 unspecified atom stereocenters. The van der Waals surface area contributed by atoms with E-state index in [1.165, 1.54) is 17.9 Å². The largest absolute Gasteiger partial charge is 0.468 e. The van der Waals surface area contributed by atoms with Crippen molar-refractivity contribution in [3.8, 4) is 0 Å². The summed E-state index contributed by atoms with van der Waals surface area (Å²) in [5.41, 5.74) is 6.38. The first kappa shape index (κ1) is 19.8. The maximum atomic E-state index is 11.7. The maximum absolute atomic E-state index is 11.7. The summed E-state index contributed by atoms with van der Waals surface area (Å²) in [6.07, 6.45) is 3.43. The number of nitrogens with one attached hydrogen (secondary N) is 1. The Balaban J connectivity index is 1.97. The first-order valence-electron chi connectivity index (χ1n) is 9.07. The normalized spacial score (nSPS) is 20.5. The predicted molar refractivity (Wildman–Crippen MR) is 98.1 cm³/mol. The molecule has 3 N–H and O–H groups in total. The van der Waals surface area contributed by atoms with Gasteiger partial charge in [0.05, 0.1) is 17.6 Å². The van der Waals surface area contributed by atoms with Crippen molar-refractivity contribution >= 4 is 11.7 Å². The van der Waals surface area contributed by atoms with Crippen LogP contribution in [0.1, 0.15) is 43.1 Å². The van der Waals surface area contributed by atoms with Gasteiger partial charge in [0, 0.05) is 18.2 Å². The van der Waals surface area contributed by atoms with Gasteiger partial charge in [0.15, 0.2) is 5.82 Å². The van der Waals surface area contributed by atoms with E-state index in [2.05, 4.69) is 25.6 Å². The molecule has 28 heavy (non-hydrogen) atoms. The van der Waals surface area contributed by atoms with E-state index in [0.717, 1.165) is 25.7 Å². The lowest BCUT2D eigenvalue weighted by Crippen LogP contribution is -2.40. The summed E-state index contributed by atoms with van der Waals surface area (Å²) in [5, 5.41) is 26.6. The Kier molecular flexibility index (Phi) is 6.26. The van der Waals surface area contributed by atoms with Crippen LogP contribution in [-0.4, -0.2) is 50.3 Å². The molecular weight excluding hydrogens is 366 g/mol. The van der Waals surface area contributed by atoms with Crippen molar-refractivity contribution in [2.24, 2.45) is 5.73 Å². The lowest BCUT2D eigenvalue weighted by atomic mass is 9.90. The van der Waals surface area contributed by atoms with Gasteiger partial charge in [-0.05, 0) is 36.1 Å². The van der Waals surface area contributed by atoms with E-state index in [-0.39, 0.29) is 24.3 Å². The van der Waals surface area contributed by atoms with Gasteiger partial charge in [0.2, 0.25) is 0 Å². The van der Waals surface area contributed by atoms with Crippen LogP contribution in [0.2, 0.25) is 0 Å². The van der Waals surface area contributed by atoms with Gasteiger partial charge in [0.25, 0.3) is 5.69 Å². The van der Waals surface area contributed by atoms with Crippen LogP contribution in [-0.2, 0) is 16.1 Å². The number of benzene rings is 1. The Bertz CT molecular complexity index is 832. The standard InChI is InChI=1S/C17H23N7O4/c1-28-15(25)10-23-17(20-21-22-23)16(19-12-8-6-11(18)7-9-12)13-4-2-3-5-14(13)24(26)27/h2-5,11-12,16,19H,6-10,18H2,1H3. The third-order valence-corrected chi connectivity index (χ3v) is 4.94. The average Bonchev–Trinajstić information content (AvgIpc) is 3.15. The number of nitro groups is 1. The first-order valence-corrected chi connectivity index (χ1v) is 9.07. The quantitative estimate of drug-likeness (QED) is 0.396. The Morgan fingerprint density at radius 2 is 2.11 bits per heavy atom. The zero-order chi connectivity index (χ0) is 20.1. The van der Waals surface area contributed by atoms with Crippen molar-refractivity contribution in [3.63, 3.8) is 0 Å². The molecule has 0 bridgehead atoms. The third kappa shape index (κ3) is 4.49. The maximum Gasteiger partial charge on any atom is 0.327 e. The molecule has 11 heteroatoms. The molecule has 0 spiro atoms. The summed E-state index contributed by atoms with van der Waals surface area (Å²) in [7, 11) is 1.27. The van der Waals surface area contributed by atoms with Gasteiger partial charge in [-0.3, -0.25) is 14.9 Å². The summed E-state index contributed by atoms with van der Waals surface area (Å²) in [6.45, 7) is -0.187. The smallest absolute Gasteiger partial charge is 0.327 e. The molecule has 1 heterocycles. The lowest BCUT2D eigenvalue weighted by Gasteiger charge is -2.30. The van der Waals surface area contributed by atoms with E-state index in [0.29, 0.717) is 11.4 Å². The van der Waals surface area contributed by atoms with E-state index in [1.807, 2.05) is 0 Å². The van der Waals surface area contributed by atoms with Gasteiger partial charge in [-0.15, -0.1) is 5.10 Å². The molecule has 11 nitrogen and oxygen atoms in total. The van der Waals surface area contributed by atoms with Crippen LogP contribution in [0, 0.1) is 10.1 Å². The Morgan fingerprint density at radius 3 is 2.79 bits per heavy atom. The zero-order valence-corrected chi connectivity index (χ0v) is 15.5. The van der Waals surface area contributed by atoms with Crippen LogP contribution < -0.4 is 11.1 Å². The number of nitrogens with two attached hydrogens (primary N) is 1. The van der Waals surface area contributed by atoms with Gasteiger partial charge in [-0.2, -0.15) is 0 Å². The zero-order valence-electron chi connectivity index (χ0n) is 15.5. The van der Waals surface area contributed by atoms with Crippen molar-refractivity contribution in [2.75, 3.05) is 7.11 Å². The van der Waals surface area contributed by atoms with E-state index < -0.39 is 16.9 Å². The Morgan fingerprint density at radius 1 is 1.39 bits per heavy atom.